The van der Waals surface area contributed by atoms with Crippen molar-refractivity contribution >= 4 is 23.4 Å². The van der Waals surface area contributed by atoms with Crippen LogP contribution in [0.15, 0.2) is 24.3 Å². The Morgan fingerprint density at radius 1 is 1.29 bits per heavy atom. The summed E-state index contributed by atoms with van der Waals surface area (Å²) in [7, 11) is 1.85. The summed E-state index contributed by atoms with van der Waals surface area (Å²) in [5.41, 5.74) is 1.69. The first-order valence-electron chi connectivity index (χ1n) is 5.96. The first-order valence-corrected chi connectivity index (χ1v) is 7.12. The number of amides is 1. The topological polar surface area (TPSA) is 32.3 Å². The maximum absolute atomic E-state index is 12.4. The van der Waals surface area contributed by atoms with Crippen LogP contribution in [0.1, 0.15) is 16.8 Å². The van der Waals surface area contributed by atoms with Crippen molar-refractivity contribution in [3.05, 3.63) is 29.8 Å². The lowest BCUT2D eigenvalue weighted by molar-refractivity contribution is 0.0769. The van der Waals surface area contributed by atoms with Gasteiger partial charge in [-0.05, 0) is 24.3 Å². The lowest BCUT2D eigenvalue weighted by Gasteiger charge is -2.21. The molecular weight excluding hydrogens is 232 g/mol. The number of anilines is 1. The van der Waals surface area contributed by atoms with Crippen molar-refractivity contribution in [3.63, 3.8) is 0 Å². The Hall–Kier alpha value is -1.16. The molecule has 4 heteroatoms. The molecule has 1 aromatic rings. The van der Waals surface area contributed by atoms with E-state index in [9.17, 15) is 4.79 Å². The summed E-state index contributed by atoms with van der Waals surface area (Å²) in [5, 5.41) is 3.08. The molecule has 0 aliphatic carbocycles. The van der Waals surface area contributed by atoms with Crippen LogP contribution in [0.5, 0.6) is 0 Å². The van der Waals surface area contributed by atoms with E-state index >= 15 is 0 Å². The number of nitrogens with one attached hydrogen (secondary N) is 1. The molecule has 1 heterocycles. The molecule has 0 unspecified atom stereocenters. The van der Waals surface area contributed by atoms with Crippen molar-refractivity contribution in [2.45, 2.75) is 6.42 Å². The van der Waals surface area contributed by atoms with Crippen molar-refractivity contribution in [1.82, 2.24) is 4.90 Å². The average molecular weight is 250 g/mol. The normalized spacial score (nSPS) is 16.4. The molecular formula is C13H18N2OS. The number of hydrogen-bond acceptors (Lipinski definition) is 3. The van der Waals surface area contributed by atoms with Gasteiger partial charge in [-0.25, -0.2) is 0 Å². The van der Waals surface area contributed by atoms with E-state index in [1.807, 2.05) is 48.0 Å². The van der Waals surface area contributed by atoms with Gasteiger partial charge in [-0.1, -0.05) is 12.1 Å². The van der Waals surface area contributed by atoms with Crippen LogP contribution in [0.3, 0.4) is 0 Å². The van der Waals surface area contributed by atoms with E-state index in [0.717, 1.165) is 42.3 Å². The van der Waals surface area contributed by atoms with Gasteiger partial charge >= 0.3 is 0 Å². The minimum Gasteiger partial charge on any atom is -0.387 e. The number of thioether (sulfide) groups is 1. The summed E-state index contributed by atoms with van der Waals surface area (Å²) in [6.07, 6.45) is 1.10. The van der Waals surface area contributed by atoms with Gasteiger partial charge in [0, 0.05) is 31.6 Å². The van der Waals surface area contributed by atoms with Crippen LogP contribution in [0.4, 0.5) is 5.69 Å². The molecule has 1 amide bonds. The first-order chi connectivity index (χ1) is 8.33. The molecule has 1 aliphatic heterocycles. The molecule has 1 N–H and O–H groups in total. The fourth-order valence-corrected chi connectivity index (χ4v) is 2.89. The van der Waals surface area contributed by atoms with Gasteiger partial charge in [-0.15, -0.1) is 0 Å². The Morgan fingerprint density at radius 2 is 2.12 bits per heavy atom. The SMILES string of the molecule is CNc1ccccc1C(=O)N1CCCSCC1. The van der Waals surface area contributed by atoms with Crippen LogP contribution in [-0.2, 0) is 0 Å². The molecule has 0 radical (unpaired) electrons. The van der Waals surface area contributed by atoms with E-state index in [-0.39, 0.29) is 5.91 Å². The molecule has 0 aromatic heterocycles. The second-order valence-corrected chi connectivity index (χ2v) is 5.28. The molecule has 1 aromatic carbocycles. The maximum Gasteiger partial charge on any atom is 0.255 e. The predicted octanol–water partition coefficient (Wildman–Crippen LogP) is 2.31. The monoisotopic (exact) mass is 250 g/mol. The Morgan fingerprint density at radius 3 is 2.94 bits per heavy atom. The molecule has 2 rings (SSSR count). The van der Waals surface area contributed by atoms with Crippen LogP contribution in [0, 0.1) is 0 Å². The minimum absolute atomic E-state index is 0.150. The Kier molecular flexibility index (Phi) is 4.31. The summed E-state index contributed by atoms with van der Waals surface area (Å²) in [6, 6.07) is 7.70. The highest BCUT2D eigenvalue weighted by molar-refractivity contribution is 7.99. The van der Waals surface area contributed by atoms with Gasteiger partial charge in [0.15, 0.2) is 0 Å². The molecule has 0 atom stereocenters. The van der Waals surface area contributed by atoms with E-state index in [2.05, 4.69) is 5.32 Å². The number of benzene rings is 1. The molecule has 1 saturated heterocycles. The molecule has 0 saturated carbocycles. The predicted molar refractivity (Wildman–Crippen MR) is 73.8 cm³/mol. The molecule has 0 spiro atoms. The van der Waals surface area contributed by atoms with Crippen LogP contribution in [0.2, 0.25) is 0 Å². The summed E-state index contributed by atoms with van der Waals surface area (Å²) in [4.78, 5) is 14.4. The molecule has 3 nitrogen and oxygen atoms in total. The summed E-state index contributed by atoms with van der Waals surface area (Å²) in [5.74, 6) is 2.36. The van der Waals surface area contributed by atoms with Crippen LogP contribution < -0.4 is 5.32 Å². The van der Waals surface area contributed by atoms with E-state index in [4.69, 9.17) is 0 Å². The highest BCUT2D eigenvalue weighted by Gasteiger charge is 2.19. The van der Waals surface area contributed by atoms with E-state index in [0.29, 0.717) is 0 Å². The lowest BCUT2D eigenvalue weighted by atomic mass is 10.1. The van der Waals surface area contributed by atoms with Crippen molar-refractivity contribution in [3.8, 4) is 0 Å². The van der Waals surface area contributed by atoms with Gasteiger partial charge in [0.2, 0.25) is 0 Å². The molecule has 1 aliphatic rings. The quantitative estimate of drug-likeness (QED) is 0.874. The lowest BCUT2D eigenvalue weighted by Crippen LogP contribution is -2.33. The van der Waals surface area contributed by atoms with Gasteiger partial charge in [0.25, 0.3) is 5.91 Å². The largest absolute Gasteiger partial charge is 0.387 e. The number of nitrogens with zero attached hydrogens (tertiary/aromatic N) is 1. The Bertz CT molecular complexity index is 387. The summed E-state index contributed by atoms with van der Waals surface area (Å²) >= 11 is 1.93. The van der Waals surface area contributed by atoms with Gasteiger partial charge in [0.1, 0.15) is 0 Å². The number of rotatable bonds is 2. The number of carbonyl (C=O) groups excluding carboxylic acids is 1. The third-order valence-corrected chi connectivity index (χ3v) is 3.98. The third-order valence-electron chi connectivity index (χ3n) is 2.94. The number of hydrogen-bond donors (Lipinski definition) is 1. The van der Waals surface area contributed by atoms with Crippen molar-refractivity contribution in [2.24, 2.45) is 0 Å². The molecule has 92 valence electrons. The van der Waals surface area contributed by atoms with Gasteiger partial charge in [-0.2, -0.15) is 11.8 Å². The van der Waals surface area contributed by atoms with Crippen molar-refractivity contribution in [1.29, 1.82) is 0 Å². The smallest absolute Gasteiger partial charge is 0.255 e. The van der Waals surface area contributed by atoms with Crippen LogP contribution >= 0.6 is 11.8 Å². The molecule has 1 fully saturated rings. The standard InChI is InChI=1S/C13H18N2OS/c1-14-12-6-3-2-5-11(12)13(16)15-7-4-9-17-10-8-15/h2-3,5-6,14H,4,7-10H2,1H3. The first kappa shape index (κ1) is 12.3. The average Bonchev–Trinajstić information content (AvgIpc) is 2.66. The molecule has 0 bridgehead atoms. The zero-order valence-electron chi connectivity index (χ0n) is 10.1. The fourth-order valence-electron chi connectivity index (χ4n) is 2.01. The van der Waals surface area contributed by atoms with Crippen molar-refractivity contribution < 1.29 is 4.79 Å². The third kappa shape index (κ3) is 2.94. The summed E-state index contributed by atoms with van der Waals surface area (Å²) in [6.45, 7) is 1.74. The zero-order valence-corrected chi connectivity index (χ0v) is 10.9. The fraction of sp³-hybridized carbons (Fsp3) is 0.462. The second kappa shape index (κ2) is 5.96. The molecule has 17 heavy (non-hydrogen) atoms. The second-order valence-electron chi connectivity index (χ2n) is 4.05. The highest BCUT2D eigenvalue weighted by Crippen LogP contribution is 2.18. The minimum atomic E-state index is 0.150. The van der Waals surface area contributed by atoms with E-state index < -0.39 is 0 Å². The van der Waals surface area contributed by atoms with Crippen LogP contribution in [0.25, 0.3) is 0 Å². The van der Waals surface area contributed by atoms with Gasteiger partial charge in [-0.3, -0.25) is 4.79 Å². The van der Waals surface area contributed by atoms with Gasteiger partial charge in [0.05, 0.1) is 5.56 Å². The Balaban J connectivity index is 2.17. The van der Waals surface area contributed by atoms with E-state index in [1.54, 1.807) is 0 Å². The van der Waals surface area contributed by atoms with Gasteiger partial charge < -0.3 is 10.2 Å². The van der Waals surface area contributed by atoms with Crippen LogP contribution in [-0.4, -0.2) is 42.4 Å². The Labute approximate surface area is 107 Å². The zero-order chi connectivity index (χ0) is 12.1. The van der Waals surface area contributed by atoms with E-state index in [1.165, 1.54) is 0 Å². The maximum atomic E-state index is 12.4. The number of para-hydroxylation sites is 1. The summed E-state index contributed by atoms with van der Waals surface area (Å²) < 4.78 is 0. The van der Waals surface area contributed by atoms with Crippen molar-refractivity contribution in [2.75, 3.05) is 37.0 Å². The number of carbonyl (C=O) groups is 1. The highest BCUT2D eigenvalue weighted by atomic mass is 32.2.